The molecule has 1 saturated heterocycles. The van der Waals surface area contributed by atoms with Crippen LogP contribution >= 0.6 is 0 Å². The number of carbonyl (C=O) groups excluding carboxylic acids is 2. The van der Waals surface area contributed by atoms with E-state index in [-0.39, 0.29) is 18.0 Å². The van der Waals surface area contributed by atoms with Gasteiger partial charge in [0.15, 0.2) is 0 Å². The minimum atomic E-state index is -0.512. The predicted molar refractivity (Wildman–Crippen MR) is 90.4 cm³/mol. The molecule has 0 bridgehead atoms. The minimum Gasteiger partial charge on any atom is -0.337 e. The number of anilines is 1. The average molecular weight is 327 g/mol. The molecule has 2 atom stereocenters. The molecule has 1 aromatic carbocycles. The fourth-order valence-corrected chi connectivity index (χ4v) is 2.96. The second-order valence-corrected chi connectivity index (χ2v) is 5.96. The van der Waals surface area contributed by atoms with E-state index in [1.165, 1.54) is 0 Å². The number of carbonyl (C=O) groups is 2. The van der Waals surface area contributed by atoms with Crippen LogP contribution in [-0.2, 0) is 18.4 Å². The molecule has 24 heavy (non-hydrogen) atoms. The largest absolute Gasteiger partial charge is 0.337 e. The van der Waals surface area contributed by atoms with Crippen LogP contribution in [0.1, 0.15) is 19.2 Å². The number of aryl methyl sites for hydroxylation is 1. The van der Waals surface area contributed by atoms with Gasteiger partial charge in [-0.2, -0.15) is 0 Å². The van der Waals surface area contributed by atoms with Crippen molar-refractivity contribution in [2.75, 3.05) is 4.90 Å². The first kappa shape index (κ1) is 16.0. The van der Waals surface area contributed by atoms with Gasteiger partial charge in [0, 0.05) is 31.2 Å². The second kappa shape index (κ2) is 6.74. The zero-order chi connectivity index (χ0) is 17.1. The fraction of sp³-hybridized carbons (Fsp3) is 0.353. The maximum atomic E-state index is 12.6. The molecule has 7 nitrogen and oxygen atoms in total. The lowest BCUT2D eigenvalue weighted by atomic mass is 10.2. The number of nitrogens with zero attached hydrogens (tertiary/aromatic N) is 3. The number of para-hydroxylation sites is 1. The highest BCUT2D eigenvalue weighted by Gasteiger charge is 2.38. The third kappa shape index (κ3) is 3.24. The van der Waals surface area contributed by atoms with Gasteiger partial charge in [0.05, 0.1) is 6.54 Å². The van der Waals surface area contributed by atoms with Crippen molar-refractivity contribution in [2.45, 2.75) is 32.0 Å². The smallest absolute Gasteiger partial charge is 0.315 e. The van der Waals surface area contributed by atoms with Gasteiger partial charge in [-0.25, -0.2) is 9.78 Å². The molecule has 126 valence electrons. The number of hydrogen-bond acceptors (Lipinski definition) is 3. The van der Waals surface area contributed by atoms with E-state index in [1.807, 2.05) is 55.1 Å². The van der Waals surface area contributed by atoms with Crippen LogP contribution in [0.4, 0.5) is 10.5 Å². The first-order chi connectivity index (χ1) is 11.6. The number of rotatable bonds is 4. The summed E-state index contributed by atoms with van der Waals surface area (Å²) >= 11 is 0. The van der Waals surface area contributed by atoms with Crippen LogP contribution in [0.2, 0.25) is 0 Å². The number of nitrogens with one attached hydrogen (secondary N) is 2. The van der Waals surface area contributed by atoms with Gasteiger partial charge in [-0.3, -0.25) is 4.79 Å². The molecule has 2 aromatic rings. The molecule has 0 saturated carbocycles. The van der Waals surface area contributed by atoms with Crippen molar-refractivity contribution in [3.05, 3.63) is 48.5 Å². The monoisotopic (exact) mass is 327 g/mol. The van der Waals surface area contributed by atoms with Crippen LogP contribution < -0.4 is 15.5 Å². The molecule has 7 heteroatoms. The van der Waals surface area contributed by atoms with Crippen molar-refractivity contribution >= 4 is 17.6 Å². The average Bonchev–Trinajstić information content (AvgIpc) is 3.09. The van der Waals surface area contributed by atoms with Crippen molar-refractivity contribution in [1.29, 1.82) is 0 Å². The van der Waals surface area contributed by atoms with E-state index in [0.29, 0.717) is 13.0 Å². The molecule has 0 spiro atoms. The van der Waals surface area contributed by atoms with Crippen molar-refractivity contribution < 1.29 is 9.59 Å². The highest BCUT2D eigenvalue weighted by molar-refractivity contribution is 6.01. The lowest BCUT2D eigenvalue weighted by Crippen LogP contribution is -2.46. The quantitative estimate of drug-likeness (QED) is 0.891. The van der Waals surface area contributed by atoms with Crippen LogP contribution in [-0.4, -0.2) is 33.6 Å². The van der Waals surface area contributed by atoms with Crippen LogP contribution in [0, 0.1) is 0 Å². The van der Waals surface area contributed by atoms with Crippen molar-refractivity contribution in [3.8, 4) is 0 Å². The van der Waals surface area contributed by atoms with Gasteiger partial charge in [0.2, 0.25) is 5.91 Å². The molecule has 1 aromatic heterocycles. The second-order valence-electron chi connectivity index (χ2n) is 5.96. The summed E-state index contributed by atoms with van der Waals surface area (Å²) < 4.78 is 1.83. The van der Waals surface area contributed by atoms with Gasteiger partial charge in [-0.05, 0) is 25.5 Å². The third-order valence-electron chi connectivity index (χ3n) is 4.22. The Kier molecular flexibility index (Phi) is 4.50. The van der Waals surface area contributed by atoms with Crippen LogP contribution in [0.3, 0.4) is 0 Å². The zero-order valence-electron chi connectivity index (χ0n) is 13.8. The number of benzene rings is 1. The van der Waals surface area contributed by atoms with Gasteiger partial charge in [0.1, 0.15) is 11.9 Å². The molecule has 1 aliphatic heterocycles. The van der Waals surface area contributed by atoms with E-state index >= 15 is 0 Å². The van der Waals surface area contributed by atoms with Gasteiger partial charge in [0.25, 0.3) is 0 Å². The van der Waals surface area contributed by atoms with Crippen LogP contribution in [0.15, 0.2) is 42.7 Å². The summed E-state index contributed by atoms with van der Waals surface area (Å²) in [6.07, 6.45) is 4.08. The van der Waals surface area contributed by atoms with E-state index in [9.17, 15) is 9.59 Å². The summed E-state index contributed by atoms with van der Waals surface area (Å²) in [6.45, 7) is 2.30. The summed E-state index contributed by atoms with van der Waals surface area (Å²) in [6, 6.07) is 8.68. The summed E-state index contributed by atoms with van der Waals surface area (Å²) in [5.41, 5.74) is 0.854. The van der Waals surface area contributed by atoms with Gasteiger partial charge < -0.3 is 20.1 Å². The minimum absolute atomic E-state index is 0.0414. The van der Waals surface area contributed by atoms with Crippen LogP contribution in [0.5, 0.6) is 0 Å². The Bertz CT molecular complexity index is 728. The van der Waals surface area contributed by atoms with E-state index in [1.54, 1.807) is 11.1 Å². The molecule has 3 amide bonds. The van der Waals surface area contributed by atoms with E-state index in [4.69, 9.17) is 0 Å². The van der Waals surface area contributed by atoms with E-state index in [2.05, 4.69) is 15.6 Å². The maximum absolute atomic E-state index is 12.6. The summed E-state index contributed by atoms with van der Waals surface area (Å²) in [7, 11) is 1.86. The molecule has 1 aliphatic rings. The standard InChI is InChI=1S/C17H21N5O2/c1-12-10-14(16(23)22(12)13-6-4-3-5-7-13)20-17(24)19-11-15-18-8-9-21(15)2/h3-9,12,14H,10-11H2,1-2H3,(H2,19,20,24)/t12-,14-/m1/s1. The summed E-state index contributed by atoms with van der Waals surface area (Å²) in [4.78, 5) is 30.6. The molecular weight excluding hydrogens is 306 g/mol. The Hall–Kier alpha value is -2.83. The van der Waals surface area contributed by atoms with E-state index < -0.39 is 6.04 Å². The molecule has 3 rings (SSSR count). The highest BCUT2D eigenvalue weighted by Crippen LogP contribution is 2.26. The molecular formula is C17H21N5O2. The highest BCUT2D eigenvalue weighted by atomic mass is 16.2. The molecule has 0 unspecified atom stereocenters. The zero-order valence-corrected chi connectivity index (χ0v) is 13.8. The van der Waals surface area contributed by atoms with Gasteiger partial charge in [-0.1, -0.05) is 18.2 Å². The third-order valence-corrected chi connectivity index (χ3v) is 4.22. The van der Waals surface area contributed by atoms with Crippen molar-refractivity contribution in [3.63, 3.8) is 0 Å². The van der Waals surface area contributed by atoms with Crippen molar-refractivity contribution in [1.82, 2.24) is 20.2 Å². The molecule has 0 aliphatic carbocycles. The van der Waals surface area contributed by atoms with Crippen LogP contribution in [0.25, 0.3) is 0 Å². The van der Waals surface area contributed by atoms with E-state index in [0.717, 1.165) is 11.5 Å². The Morgan fingerprint density at radius 1 is 1.33 bits per heavy atom. The maximum Gasteiger partial charge on any atom is 0.315 e. The molecule has 1 fully saturated rings. The Balaban J connectivity index is 1.59. The Labute approximate surface area is 140 Å². The fourth-order valence-electron chi connectivity index (χ4n) is 2.96. The summed E-state index contributed by atoms with van der Waals surface area (Å²) in [5, 5.41) is 5.50. The Morgan fingerprint density at radius 2 is 2.08 bits per heavy atom. The number of urea groups is 1. The first-order valence-electron chi connectivity index (χ1n) is 7.95. The topological polar surface area (TPSA) is 79.3 Å². The predicted octanol–water partition coefficient (Wildman–Crippen LogP) is 1.41. The number of aromatic nitrogens is 2. The number of hydrogen-bond donors (Lipinski definition) is 2. The molecule has 0 radical (unpaired) electrons. The van der Waals surface area contributed by atoms with Crippen molar-refractivity contribution in [2.24, 2.45) is 7.05 Å². The van der Waals surface area contributed by atoms with Gasteiger partial charge in [-0.15, -0.1) is 0 Å². The molecule has 2 heterocycles. The lowest BCUT2D eigenvalue weighted by molar-refractivity contribution is -0.118. The summed E-state index contributed by atoms with van der Waals surface area (Å²) in [5.74, 6) is 0.669. The number of imidazole rings is 1. The normalized spacial score (nSPS) is 20.2. The number of amides is 3. The van der Waals surface area contributed by atoms with Gasteiger partial charge >= 0.3 is 6.03 Å². The lowest BCUT2D eigenvalue weighted by Gasteiger charge is -2.21. The first-order valence-corrected chi connectivity index (χ1v) is 7.95. The Morgan fingerprint density at radius 3 is 2.75 bits per heavy atom. The SMILES string of the molecule is C[C@@H]1C[C@@H](NC(=O)NCc2nccn2C)C(=O)N1c1ccccc1. The molecule has 2 N–H and O–H groups in total.